The predicted octanol–water partition coefficient (Wildman–Crippen LogP) is 3.89. The summed E-state index contributed by atoms with van der Waals surface area (Å²) in [5, 5.41) is 12.6. The SMILES string of the molecule is O=C(OCc1sc2ccccc2c1Cl)c1cccc(-n2cnnn2)c1. The molecule has 4 rings (SSSR count). The van der Waals surface area contributed by atoms with E-state index in [0.29, 0.717) is 16.3 Å². The number of halogens is 1. The van der Waals surface area contributed by atoms with Gasteiger partial charge in [-0.05, 0) is 34.7 Å². The van der Waals surface area contributed by atoms with Gasteiger partial charge < -0.3 is 4.74 Å². The lowest BCUT2D eigenvalue weighted by atomic mass is 10.2. The quantitative estimate of drug-likeness (QED) is 0.510. The maximum atomic E-state index is 12.3. The van der Waals surface area contributed by atoms with E-state index in [-0.39, 0.29) is 6.61 Å². The first-order valence-corrected chi connectivity index (χ1v) is 8.58. The van der Waals surface area contributed by atoms with Crippen LogP contribution < -0.4 is 0 Å². The van der Waals surface area contributed by atoms with Crippen LogP contribution in [0.1, 0.15) is 15.2 Å². The zero-order valence-electron chi connectivity index (χ0n) is 12.8. The van der Waals surface area contributed by atoms with Crippen LogP contribution in [0.3, 0.4) is 0 Å². The van der Waals surface area contributed by atoms with Crippen LogP contribution >= 0.6 is 22.9 Å². The number of aromatic nitrogens is 4. The van der Waals surface area contributed by atoms with Gasteiger partial charge in [-0.1, -0.05) is 35.9 Å². The Hall–Kier alpha value is -2.77. The van der Waals surface area contributed by atoms with Crippen LogP contribution in [0.5, 0.6) is 0 Å². The van der Waals surface area contributed by atoms with Crippen molar-refractivity contribution >= 4 is 39.0 Å². The topological polar surface area (TPSA) is 69.9 Å². The number of ether oxygens (including phenoxy) is 1. The van der Waals surface area contributed by atoms with Crippen molar-refractivity contribution in [2.24, 2.45) is 0 Å². The highest BCUT2D eigenvalue weighted by atomic mass is 35.5. The highest BCUT2D eigenvalue weighted by molar-refractivity contribution is 7.19. The molecule has 2 heterocycles. The van der Waals surface area contributed by atoms with E-state index in [1.807, 2.05) is 24.3 Å². The molecular weight excluding hydrogens is 360 g/mol. The molecule has 124 valence electrons. The lowest BCUT2D eigenvalue weighted by Gasteiger charge is -2.05. The third-order valence-electron chi connectivity index (χ3n) is 3.63. The van der Waals surface area contributed by atoms with Crippen molar-refractivity contribution in [3.8, 4) is 5.69 Å². The smallest absolute Gasteiger partial charge is 0.338 e. The average molecular weight is 371 g/mol. The number of nitrogens with zero attached hydrogens (tertiary/aromatic N) is 4. The summed E-state index contributed by atoms with van der Waals surface area (Å²) >= 11 is 7.90. The molecule has 0 aliphatic carbocycles. The predicted molar refractivity (Wildman–Crippen MR) is 95.1 cm³/mol. The van der Waals surface area contributed by atoms with Gasteiger partial charge >= 0.3 is 5.97 Å². The number of hydrogen-bond acceptors (Lipinski definition) is 6. The van der Waals surface area contributed by atoms with Crippen molar-refractivity contribution < 1.29 is 9.53 Å². The van der Waals surface area contributed by atoms with Gasteiger partial charge in [-0.15, -0.1) is 16.4 Å². The van der Waals surface area contributed by atoms with E-state index >= 15 is 0 Å². The van der Waals surface area contributed by atoms with Gasteiger partial charge in [0.1, 0.15) is 12.9 Å². The zero-order chi connectivity index (χ0) is 17.2. The summed E-state index contributed by atoms with van der Waals surface area (Å²) in [6.45, 7) is 0.131. The Balaban J connectivity index is 1.52. The summed E-state index contributed by atoms with van der Waals surface area (Å²) < 4.78 is 7.96. The van der Waals surface area contributed by atoms with Crippen LogP contribution in [0.15, 0.2) is 54.9 Å². The second kappa shape index (κ2) is 6.62. The van der Waals surface area contributed by atoms with E-state index in [1.54, 1.807) is 24.3 Å². The highest BCUT2D eigenvalue weighted by Crippen LogP contribution is 2.35. The van der Waals surface area contributed by atoms with Crippen molar-refractivity contribution in [1.82, 2.24) is 20.2 Å². The van der Waals surface area contributed by atoms with E-state index in [4.69, 9.17) is 16.3 Å². The average Bonchev–Trinajstić information content (AvgIpc) is 3.29. The van der Waals surface area contributed by atoms with Crippen LogP contribution in [0.2, 0.25) is 5.02 Å². The number of tetrazole rings is 1. The molecule has 2 aromatic heterocycles. The lowest BCUT2D eigenvalue weighted by molar-refractivity contribution is 0.0477. The Morgan fingerprint density at radius 2 is 2.08 bits per heavy atom. The molecular formula is C17H11ClN4O2S. The van der Waals surface area contributed by atoms with Crippen molar-refractivity contribution in [3.63, 3.8) is 0 Å². The van der Waals surface area contributed by atoms with Crippen molar-refractivity contribution in [2.45, 2.75) is 6.61 Å². The second-order valence-corrected chi connectivity index (χ2v) is 6.73. The van der Waals surface area contributed by atoms with E-state index in [1.165, 1.54) is 22.3 Å². The third-order valence-corrected chi connectivity index (χ3v) is 5.32. The molecule has 0 unspecified atom stereocenters. The molecule has 0 aliphatic heterocycles. The zero-order valence-corrected chi connectivity index (χ0v) is 14.4. The van der Waals surface area contributed by atoms with E-state index in [9.17, 15) is 4.79 Å². The number of esters is 1. The summed E-state index contributed by atoms with van der Waals surface area (Å²) in [5.74, 6) is -0.427. The van der Waals surface area contributed by atoms with Gasteiger partial charge in [0.15, 0.2) is 0 Å². The van der Waals surface area contributed by atoms with E-state index in [2.05, 4.69) is 15.5 Å². The van der Waals surface area contributed by atoms with Crippen LogP contribution in [0, 0.1) is 0 Å². The molecule has 0 saturated carbocycles. The van der Waals surface area contributed by atoms with Gasteiger partial charge in [0.05, 0.1) is 21.2 Å². The molecule has 0 saturated heterocycles. The molecule has 0 fully saturated rings. The molecule has 4 aromatic rings. The van der Waals surface area contributed by atoms with E-state index in [0.717, 1.165) is 15.0 Å². The van der Waals surface area contributed by atoms with Gasteiger partial charge in [-0.2, -0.15) is 0 Å². The van der Waals surface area contributed by atoms with Crippen molar-refractivity contribution in [1.29, 1.82) is 0 Å². The molecule has 2 aromatic carbocycles. The minimum atomic E-state index is -0.427. The Kier molecular flexibility index (Phi) is 4.17. The summed E-state index contributed by atoms with van der Waals surface area (Å²) in [6.07, 6.45) is 1.46. The minimum Gasteiger partial charge on any atom is -0.456 e. The molecule has 0 N–H and O–H groups in total. The summed E-state index contributed by atoms with van der Waals surface area (Å²) in [4.78, 5) is 13.2. The number of thiophene rings is 1. The second-order valence-electron chi connectivity index (χ2n) is 5.22. The normalized spacial score (nSPS) is 10.9. The first kappa shape index (κ1) is 15.7. The fourth-order valence-corrected chi connectivity index (χ4v) is 3.83. The van der Waals surface area contributed by atoms with E-state index < -0.39 is 5.97 Å². The molecule has 0 bridgehead atoms. The molecule has 0 amide bonds. The van der Waals surface area contributed by atoms with Gasteiger partial charge in [-0.3, -0.25) is 0 Å². The Morgan fingerprint density at radius 3 is 2.88 bits per heavy atom. The molecule has 8 heteroatoms. The largest absolute Gasteiger partial charge is 0.456 e. The maximum Gasteiger partial charge on any atom is 0.338 e. The Labute approximate surface area is 151 Å². The first-order chi connectivity index (χ1) is 12.2. The van der Waals surface area contributed by atoms with Crippen molar-refractivity contribution in [3.05, 3.63) is 70.3 Å². The Morgan fingerprint density at radius 1 is 1.20 bits per heavy atom. The fraction of sp³-hybridized carbons (Fsp3) is 0.0588. The lowest BCUT2D eigenvalue weighted by Crippen LogP contribution is -2.06. The third kappa shape index (κ3) is 3.11. The van der Waals surface area contributed by atoms with Crippen LogP contribution in [0.4, 0.5) is 0 Å². The minimum absolute atomic E-state index is 0.131. The number of hydrogen-bond donors (Lipinski definition) is 0. The number of carbonyl (C=O) groups excluding carboxylic acids is 1. The molecule has 0 aliphatic rings. The molecule has 0 radical (unpaired) electrons. The standard InChI is InChI=1S/C17H11ClN4O2S/c18-16-13-6-1-2-7-14(13)25-15(16)9-24-17(23)11-4-3-5-12(8-11)22-10-19-20-21-22/h1-8,10H,9H2. The number of rotatable bonds is 4. The van der Waals surface area contributed by atoms with Crippen LogP contribution in [-0.4, -0.2) is 26.2 Å². The maximum absolute atomic E-state index is 12.3. The number of carbonyl (C=O) groups is 1. The molecule has 0 spiro atoms. The highest BCUT2D eigenvalue weighted by Gasteiger charge is 2.14. The van der Waals surface area contributed by atoms with Gasteiger partial charge in [0.2, 0.25) is 0 Å². The molecule has 25 heavy (non-hydrogen) atoms. The van der Waals surface area contributed by atoms with Gasteiger partial charge in [-0.25, -0.2) is 9.48 Å². The fourth-order valence-electron chi connectivity index (χ4n) is 2.43. The van der Waals surface area contributed by atoms with Crippen LogP contribution in [0.25, 0.3) is 15.8 Å². The summed E-state index contributed by atoms with van der Waals surface area (Å²) in [5.41, 5.74) is 1.10. The number of fused-ring (bicyclic) bond motifs is 1. The number of benzene rings is 2. The van der Waals surface area contributed by atoms with Gasteiger partial charge in [0.25, 0.3) is 0 Å². The summed E-state index contributed by atoms with van der Waals surface area (Å²) in [7, 11) is 0. The molecule has 0 atom stereocenters. The van der Waals surface area contributed by atoms with Crippen molar-refractivity contribution in [2.75, 3.05) is 0 Å². The Bertz CT molecular complexity index is 1050. The van der Waals surface area contributed by atoms with Gasteiger partial charge in [0, 0.05) is 10.1 Å². The van der Waals surface area contributed by atoms with Crippen LogP contribution in [-0.2, 0) is 11.3 Å². The first-order valence-electron chi connectivity index (χ1n) is 7.39. The monoisotopic (exact) mass is 370 g/mol. The summed E-state index contributed by atoms with van der Waals surface area (Å²) in [6, 6.07) is 14.7. The molecule has 6 nitrogen and oxygen atoms in total.